The fourth-order valence-corrected chi connectivity index (χ4v) is 3.67. The maximum absolute atomic E-state index is 13.3. The second kappa shape index (κ2) is 5.94. The number of piperidine rings is 1. The van der Waals surface area contributed by atoms with E-state index in [-0.39, 0.29) is 17.6 Å². The van der Waals surface area contributed by atoms with Crippen molar-refractivity contribution in [2.75, 3.05) is 13.1 Å². The summed E-state index contributed by atoms with van der Waals surface area (Å²) in [5.74, 6) is 0.796. The van der Waals surface area contributed by atoms with Gasteiger partial charge in [-0.3, -0.25) is 4.79 Å². The van der Waals surface area contributed by atoms with E-state index in [9.17, 15) is 9.18 Å². The van der Waals surface area contributed by atoms with Crippen LogP contribution in [0, 0.1) is 12.7 Å². The number of fused-ring (bicyclic) bond motifs is 1. The lowest BCUT2D eigenvalue weighted by molar-refractivity contribution is 0.0705. The quantitative estimate of drug-likeness (QED) is 0.775. The minimum absolute atomic E-state index is 0.0497. The van der Waals surface area contributed by atoms with E-state index in [1.54, 1.807) is 13.0 Å². The van der Waals surface area contributed by atoms with Crippen LogP contribution in [0.15, 0.2) is 18.2 Å². The van der Waals surface area contributed by atoms with Gasteiger partial charge >= 0.3 is 0 Å². The summed E-state index contributed by atoms with van der Waals surface area (Å²) in [6.45, 7) is 3.12. The molecule has 1 fully saturated rings. The third kappa shape index (κ3) is 2.66. The van der Waals surface area contributed by atoms with Gasteiger partial charge in [-0.25, -0.2) is 9.37 Å². The Morgan fingerprint density at radius 3 is 2.83 bits per heavy atom. The van der Waals surface area contributed by atoms with Crippen molar-refractivity contribution < 1.29 is 9.18 Å². The highest BCUT2D eigenvalue weighted by atomic mass is 32.1. The third-order valence-corrected chi connectivity index (χ3v) is 5.11. The Bertz CT molecular complexity index is 897. The van der Waals surface area contributed by atoms with Gasteiger partial charge in [0.25, 0.3) is 5.91 Å². The lowest BCUT2D eigenvalue weighted by Gasteiger charge is -2.30. The minimum Gasteiger partial charge on any atom is -0.342 e. The summed E-state index contributed by atoms with van der Waals surface area (Å²) in [4.78, 5) is 22.1. The summed E-state index contributed by atoms with van der Waals surface area (Å²) in [6, 6.07) is 4.56. The molecule has 0 unspecified atom stereocenters. The van der Waals surface area contributed by atoms with Crippen molar-refractivity contribution in [2.24, 2.45) is 0 Å². The van der Waals surface area contributed by atoms with Crippen LogP contribution < -0.4 is 0 Å². The number of hydrogen-bond acceptors (Lipinski definition) is 5. The first-order valence-electron chi connectivity index (χ1n) is 7.85. The average molecular weight is 345 g/mol. The zero-order chi connectivity index (χ0) is 16.7. The first-order chi connectivity index (χ1) is 11.6. The third-order valence-electron chi connectivity index (χ3n) is 4.49. The number of amides is 1. The molecule has 1 N–H and O–H groups in total. The number of hydrogen-bond donors (Lipinski definition) is 1. The molecule has 3 aromatic rings. The molecule has 24 heavy (non-hydrogen) atoms. The molecule has 1 amide bonds. The highest BCUT2D eigenvalue weighted by molar-refractivity contribution is 6.99. The van der Waals surface area contributed by atoms with Gasteiger partial charge in [0.2, 0.25) is 0 Å². The number of benzene rings is 1. The zero-order valence-electron chi connectivity index (χ0n) is 13.1. The molecule has 0 aliphatic carbocycles. The van der Waals surface area contributed by atoms with Crippen LogP contribution in [-0.2, 0) is 0 Å². The molecule has 4 rings (SSSR count). The lowest BCUT2D eigenvalue weighted by Crippen LogP contribution is -2.38. The summed E-state index contributed by atoms with van der Waals surface area (Å²) in [5.41, 5.74) is 2.63. The summed E-state index contributed by atoms with van der Waals surface area (Å²) in [7, 11) is 0. The van der Waals surface area contributed by atoms with Crippen molar-refractivity contribution in [3.8, 4) is 0 Å². The number of nitrogens with one attached hydrogen (secondary N) is 1. The summed E-state index contributed by atoms with van der Waals surface area (Å²) >= 11 is 1.07. The number of imidazole rings is 1. The smallest absolute Gasteiger partial charge is 0.275 e. The van der Waals surface area contributed by atoms with E-state index in [4.69, 9.17) is 0 Å². The van der Waals surface area contributed by atoms with E-state index in [1.807, 2.05) is 4.90 Å². The van der Waals surface area contributed by atoms with E-state index >= 15 is 0 Å². The molecule has 0 saturated carbocycles. The Morgan fingerprint density at radius 1 is 1.33 bits per heavy atom. The molecule has 3 heterocycles. The second-order valence-corrected chi connectivity index (χ2v) is 6.58. The number of nitrogens with zero attached hydrogens (tertiary/aromatic N) is 4. The monoisotopic (exact) mass is 345 g/mol. The number of likely N-dealkylation sites (tertiary alicyclic amines) is 1. The van der Waals surface area contributed by atoms with Gasteiger partial charge in [0.05, 0.1) is 28.5 Å². The summed E-state index contributed by atoms with van der Waals surface area (Å²) < 4.78 is 21.4. The number of H-pyrrole nitrogens is 1. The minimum atomic E-state index is -0.273. The average Bonchev–Trinajstić information content (AvgIpc) is 3.20. The Balaban J connectivity index is 1.47. The van der Waals surface area contributed by atoms with Gasteiger partial charge in [0, 0.05) is 19.0 Å². The highest BCUT2D eigenvalue weighted by Gasteiger charge is 2.28. The molecule has 124 valence electrons. The molecule has 1 saturated heterocycles. The van der Waals surface area contributed by atoms with Gasteiger partial charge in [0.1, 0.15) is 11.6 Å². The zero-order valence-corrected chi connectivity index (χ0v) is 13.9. The number of carbonyl (C=O) groups excluding carboxylic acids is 1. The fraction of sp³-hybridized carbons (Fsp3) is 0.375. The Labute approximate surface area is 142 Å². The number of aromatic nitrogens is 4. The van der Waals surface area contributed by atoms with Crippen LogP contribution in [0.4, 0.5) is 4.39 Å². The van der Waals surface area contributed by atoms with Crippen LogP contribution in [0.25, 0.3) is 11.0 Å². The normalized spacial score (nSPS) is 16.0. The predicted molar refractivity (Wildman–Crippen MR) is 88.6 cm³/mol. The summed E-state index contributed by atoms with van der Waals surface area (Å²) in [5, 5.41) is 0. The largest absolute Gasteiger partial charge is 0.342 e. The first-order valence-corrected chi connectivity index (χ1v) is 8.58. The molecule has 8 heteroatoms. The number of halogens is 1. The molecule has 0 radical (unpaired) electrons. The molecular weight excluding hydrogens is 329 g/mol. The van der Waals surface area contributed by atoms with E-state index < -0.39 is 0 Å². The van der Waals surface area contributed by atoms with Gasteiger partial charge in [-0.2, -0.15) is 8.75 Å². The van der Waals surface area contributed by atoms with Crippen molar-refractivity contribution in [2.45, 2.75) is 25.7 Å². The maximum Gasteiger partial charge on any atom is 0.275 e. The van der Waals surface area contributed by atoms with Crippen LogP contribution in [0.1, 0.15) is 40.8 Å². The lowest BCUT2D eigenvalue weighted by atomic mass is 9.96. The number of aromatic amines is 1. The highest BCUT2D eigenvalue weighted by Crippen LogP contribution is 2.28. The van der Waals surface area contributed by atoms with Crippen molar-refractivity contribution >= 4 is 28.7 Å². The molecule has 2 aromatic heterocycles. The van der Waals surface area contributed by atoms with E-state index in [1.165, 1.54) is 12.1 Å². The molecule has 6 nitrogen and oxygen atoms in total. The molecule has 1 aliphatic heterocycles. The molecule has 0 spiro atoms. The molecule has 0 atom stereocenters. The van der Waals surface area contributed by atoms with Gasteiger partial charge in [0.15, 0.2) is 5.69 Å². The van der Waals surface area contributed by atoms with Gasteiger partial charge in [-0.05, 0) is 38.0 Å². The van der Waals surface area contributed by atoms with E-state index in [2.05, 4.69) is 18.7 Å². The predicted octanol–water partition coefficient (Wildman–Crippen LogP) is 2.88. The van der Waals surface area contributed by atoms with E-state index in [0.717, 1.165) is 35.9 Å². The van der Waals surface area contributed by atoms with Gasteiger partial charge < -0.3 is 9.88 Å². The SMILES string of the molecule is Cc1nsnc1C(=O)N1CCC(c2nc3ccc(F)cc3[nH]2)CC1. The van der Waals surface area contributed by atoms with Crippen molar-refractivity contribution in [3.63, 3.8) is 0 Å². The number of carbonyl (C=O) groups is 1. The topological polar surface area (TPSA) is 74.8 Å². The Kier molecular flexibility index (Phi) is 3.76. The van der Waals surface area contributed by atoms with E-state index in [0.29, 0.717) is 30.0 Å². The van der Waals surface area contributed by atoms with Crippen molar-refractivity contribution in [3.05, 3.63) is 41.2 Å². The van der Waals surface area contributed by atoms with Gasteiger partial charge in [-0.15, -0.1) is 0 Å². The molecular formula is C16H16FN5OS. The Hall–Kier alpha value is -2.35. The standard InChI is InChI=1S/C16H16FN5OS/c1-9-14(21-24-20-9)16(23)22-6-4-10(5-7-22)15-18-12-3-2-11(17)8-13(12)19-15/h2-3,8,10H,4-7H2,1H3,(H,18,19). The summed E-state index contributed by atoms with van der Waals surface area (Å²) in [6.07, 6.45) is 1.65. The molecule has 1 aliphatic rings. The fourth-order valence-electron chi connectivity index (χ4n) is 3.13. The molecule has 1 aromatic carbocycles. The van der Waals surface area contributed by atoms with Crippen LogP contribution >= 0.6 is 11.7 Å². The van der Waals surface area contributed by atoms with Gasteiger partial charge in [-0.1, -0.05) is 0 Å². The first kappa shape index (κ1) is 15.2. The van der Waals surface area contributed by atoms with Crippen LogP contribution in [-0.4, -0.2) is 42.6 Å². The number of aryl methyl sites for hydroxylation is 1. The van der Waals surface area contributed by atoms with Crippen molar-refractivity contribution in [1.82, 2.24) is 23.6 Å². The van der Waals surface area contributed by atoms with Crippen LogP contribution in [0.3, 0.4) is 0 Å². The second-order valence-electron chi connectivity index (χ2n) is 6.05. The number of rotatable bonds is 2. The maximum atomic E-state index is 13.3. The van der Waals surface area contributed by atoms with Crippen LogP contribution in [0.2, 0.25) is 0 Å². The molecule has 0 bridgehead atoms. The van der Waals surface area contributed by atoms with Crippen LogP contribution in [0.5, 0.6) is 0 Å². The Morgan fingerprint density at radius 2 is 2.12 bits per heavy atom. The van der Waals surface area contributed by atoms with Crippen molar-refractivity contribution in [1.29, 1.82) is 0 Å².